The summed E-state index contributed by atoms with van der Waals surface area (Å²) in [5.41, 5.74) is 5.72. The van der Waals surface area contributed by atoms with Crippen molar-refractivity contribution in [1.82, 2.24) is 20.4 Å². The van der Waals surface area contributed by atoms with E-state index in [9.17, 15) is 38.4 Å². The first-order valence-corrected chi connectivity index (χ1v) is 42.2. The molecule has 0 saturated heterocycles. The molecule has 2 aliphatic heterocycles. The predicted octanol–water partition coefficient (Wildman–Crippen LogP) is 8.94. The number of hydrogen-bond acceptors (Lipinski definition) is 8. The van der Waals surface area contributed by atoms with E-state index in [4.69, 9.17) is 35.9 Å². The van der Waals surface area contributed by atoms with Gasteiger partial charge in [0.05, 0.1) is 35.2 Å². The van der Waals surface area contributed by atoms with Crippen LogP contribution in [0.1, 0.15) is 105 Å². The van der Waals surface area contributed by atoms with Crippen molar-refractivity contribution in [2.24, 2.45) is 0 Å². The van der Waals surface area contributed by atoms with Gasteiger partial charge >= 0.3 is 96.2 Å². The topological polar surface area (TPSA) is 271 Å². The van der Waals surface area contributed by atoms with Crippen molar-refractivity contribution in [3.8, 4) is 23.7 Å². The molecule has 10 rings (SSSR count). The van der Waals surface area contributed by atoms with Gasteiger partial charge in [0.2, 0.25) is 23.6 Å². The van der Waals surface area contributed by atoms with Gasteiger partial charge in [-0.3, -0.25) is 62.2 Å². The van der Waals surface area contributed by atoms with Gasteiger partial charge in [-0.2, -0.15) is 97.1 Å². The van der Waals surface area contributed by atoms with Crippen LogP contribution >= 0.6 is 0 Å². The molecule has 0 atom stereocenters. The summed E-state index contributed by atoms with van der Waals surface area (Å²) in [7, 11) is -3.68. The molecule has 0 aromatic heterocycles. The van der Waals surface area contributed by atoms with Crippen LogP contribution in [0.2, 0.25) is 52.4 Å². The summed E-state index contributed by atoms with van der Waals surface area (Å²) in [6.45, 7) is 16.9. The third-order valence-electron chi connectivity index (χ3n) is 12.4. The summed E-state index contributed by atoms with van der Waals surface area (Å²) in [5.74, 6) is 5.63. The van der Waals surface area contributed by atoms with Crippen LogP contribution < -0.4 is 10.6 Å². The van der Waals surface area contributed by atoms with E-state index >= 15 is 0 Å². The van der Waals surface area contributed by atoms with Crippen LogP contribution in [0.15, 0.2) is 194 Å². The number of carboxylic acids is 2. The quantitative estimate of drug-likeness (QED) is 0.0390. The molecular formula is C76H76N4O12Si4W4. The minimum absolute atomic E-state index is 0. The summed E-state index contributed by atoms with van der Waals surface area (Å²) >= 11 is 0. The molecule has 0 bridgehead atoms. The molecule has 100 heavy (non-hydrogen) atoms. The van der Waals surface area contributed by atoms with Crippen LogP contribution in [0.5, 0.6) is 0 Å². The first kappa shape index (κ1) is 98.1. The van der Waals surface area contributed by atoms with Crippen molar-refractivity contribution >= 4 is 82.6 Å². The Hall–Kier alpha value is -8.30. The number of hydrogen-bond donors (Lipinski definition) is 4. The monoisotopic (exact) mass is 2080 g/mol. The SMILES string of the molecule is C[SiH](C)CN1C(=O)c2c[c-]ccc2C1=O.C[SiH](C)CN1C(=O)c2c[c-]ccc2C1=O.C[SiH](C)CNC(=O)c1c[c-]ccc1C(=O)O.C[SiH](C)CNC(=O)c1c[c-]ccc1C(=O)O.O.O.[C-]#Cc1ccccc1.[C-]#Cc1ccccc1.[C-]#Cc1ccccc1.[C-]#Cc1ccccc1.[W+2].[W+2].[W+2].[W+2]. The van der Waals surface area contributed by atoms with Crippen molar-refractivity contribution in [2.75, 3.05) is 24.7 Å². The standard InChI is InChI=1S/2C11H14NO3Si.2C11H12NO2Si.4C8H5.2H2O.4W/c2*1-16(2)7-12-10(13)8-5-3-4-6-9(8)11(14)15;2*1-15(2)7-12-10(13)8-5-3-4-6-9(8)11(12)14;4*1-2-8-6-4-3-5-7-8;;;;;;/h2*4-6,16H,7H2,1-2H3,(H,12,13)(H,14,15);2*3,5-6,15H,7H2,1-2H3;4*3-7H;2*1H2;;;;/q8*-1;;;4*+2. The molecule has 0 aliphatic carbocycles. The van der Waals surface area contributed by atoms with Gasteiger partial charge in [-0.25, -0.2) is 9.59 Å². The van der Waals surface area contributed by atoms with E-state index in [1.807, 2.05) is 121 Å². The van der Waals surface area contributed by atoms with Gasteiger partial charge in [-0.1, -0.05) is 159 Å². The number of aromatic carboxylic acids is 2. The summed E-state index contributed by atoms with van der Waals surface area (Å²) < 4.78 is 0. The normalized spacial score (nSPS) is 10.3. The van der Waals surface area contributed by atoms with Crippen molar-refractivity contribution in [1.29, 1.82) is 0 Å². The molecule has 2 aliphatic rings. The molecule has 0 saturated carbocycles. The van der Waals surface area contributed by atoms with Crippen LogP contribution in [-0.2, 0) is 84.3 Å². The second kappa shape index (κ2) is 54.5. The summed E-state index contributed by atoms with van der Waals surface area (Å²) in [6, 6.07) is 66.9. The molecule has 8 aromatic rings. The van der Waals surface area contributed by atoms with Gasteiger partial charge in [0.1, 0.15) is 0 Å². The number of rotatable bonds is 12. The Bertz CT molecular complexity index is 3570. The Morgan fingerprint density at radius 1 is 0.370 bits per heavy atom. The van der Waals surface area contributed by atoms with Crippen LogP contribution in [-0.4, -0.2) is 138 Å². The minimum atomic E-state index is -1.10. The van der Waals surface area contributed by atoms with E-state index in [0.29, 0.717) is 46.9 Å². The molecule has 16 nitrogen and oxygen atoms in total. The average Bonchev–Trinajstić information content (AvgIpc) is 1.65. The Kier molecular flexibility index (Phi) is 53.5. The molecule has 6 amide bonds. The van der Waals surface area contributed by atoms with Gasteiger partial charge in [0.15, 0.2) is 11.8 Å². The predicted molar refractivity (Wildman–Crippen MR) is 384 cm³/mol. The Labute approximate surface area is 652 Å². The third-order valence-corrected chi connectivity index (χ3v) is 16.7. The minimum Gasteiger partial charge on any atom is -0.479 e. The zero-order valence-electron chi connectivity index (χ0n) is 56.3. The smallest absolute Gasteiger partial charge is 0.479 e. The van der Waals surface area contributed by atoms with Gasteiger partial charge in [-0.15, -0.1) is 70.8 Å². The molecule has 0 fully saturated rings. The van der Waals surface area contributed by atoms with E-state index in [0.717, 1.165) is 22.3 Å². The van der Waals surface area contributed by atoms with Gasteiger partial charge in [-0.05, 0) is 11.1 Å². The van der Waals surface area contributed by atoms with Gasteiger partial charge in [0.25, 0.3) is 0 Å². The van der Waals surface area contributed by atoms with Crippen molar-refractivity contribution in [3.63, 3.8) is 0 Å². The number of benzene rings is 8. The van der Waals surface area contributed by atoms with E-state index < -0.39 is 47.1 Å². The number of imide groups is 2. The second-order valence-electron chi connectivity index (χ2n) is 21.9. The zero-order chi connectivity index (χ0) is 69.5. The van der Waals surface area contributed by atoms with Crippen LogP contribution in [0.4, 0.5) is 0 Å². The Morgan fingerprint density at radius 2 is 0.610 bits per heavy atom. The molecular weight excluding hydrogens is 2010 g/mol. The Balaban J connectivity index is -0.000000531. The van der Waals surface area contributed by atoms with E-state index in [1.165, 1.54) is 46.2 Å². The van der Waals surface area contributed by atoms with Gasteiger partial charge < -0.3 is 57.5 Å². The molecule has 8 aromatic carbocycles. The summed E-state index contributed by atoms with van der Waals surface area (Å²) in [5, 5.41) is 23.3. The fraction of sp³-hybridized carbons (Fsp3) is 0.158. The molecule has 0 spiro atoms. The number of carbonyl (C=O) groups excluding carboxylic acids is 6. The van der Waals surface area contributed by atoms with Crippen molar-refractivity contribution in [2.45, 2.75) is 52.4 Å². The number of nitrogens with one attached hydrogen (secondary N) is 2. The summed E-state index contributed by atoms with van der Waals surface area (Å²) in [4.78, 5) is 95.3. The molecule has 512 valence electrons. The number of amides is 6. The molecule has 2 heterocycles. The first-order chi connectivity index (χ1) is 45.0. The summed E-state index contributed by atoms with van der Waals surface area (Å²) in [6.07, 6.45) is 29.3. The average molecular weight is 2090 g/mol. The fourth-order valence-corrected chi connectivity index (χ4v) is 11.2. The van der Waals surface area contributed by atoms with Gasteiger partial charge in [0, 0.05) is 24.7 Å². The molecule has 8 N–H and O–H groups in total. The number of carbonyl (C=O) groups is 8. The largest absolute Gasteiger partial charge is 2.00 e. The number of fused-ring (bicyclic) bond motifs is 2. The van der Waals surface area contributed by atoms with Crippen LogP contribution in [0, 0.1) is 73.6 Å². The van der Waals surface area contributed by atoms with Crippen molar-refractivity contribution in [3.05, 3.63) is 311 Å². The third kappa shape index (κ3) is 35.1. The van der Waals surface area contributed by atoms with E-state index in [2.05, 4.69) is 111 Å². The molecule has 0 unspecified atom stereocenters. The second-order valence-corrected chi connectivity index (χ2v) is 34.6. The van der Waals surface area contributed by atoms with Crippen molar-refractivity contribution < 1.29 is 144 Å². The van der Waals surface area contributed by atoms with Crippen LogP contribution in [0.25, 0.3) is 0 Å². The molecule has 24 heteroatoms. The maximum absolute atomic E-state index is 11.9. The molecule has 0 radical (unpaired) electrons. The first-order valence-electron chi connectivity index (χ1n) is 29.7. The zero-order valence-corrected chi connectivity index (χ0v) is 72.7. The maximum Gasteiger partial charge on any atom is 2.00 e. The maximum atomic E-state index is 11.9. The number of nitrogens with zero attached hydrogens (tertiary/aromatic N) is 2. The Morgan fingerprint density at radius 3 is 0.820 bits per heavy atom. The fourth-order valence-electron chi connectivity index (χ4n) is 7.90. The van der Waals surface area contributed by atoms with Crippen LogP contribution in [0.3, 0.4) is 0 Å². The van der Waals surface area contributed by atoms with E-state index in [1.54, 1.807) is 36.4 Å². The van der Waals surface area contributed by atoms with E-state index in [-0.39, 0.29) is 153 Å². The number of carboxylic acid groups (broad SMARTS) is 2.